The molecule has 2 aromatic rings. The number of anilines is 1. The van der Waals surface area contributed by atoms with Crippen molar-refractivity contribution >= 4 is 5.69 Å². The van der Waals surface area contributed by atoms with Gasteiger partial charge in [-0.1, -0.05) is 29.8 Å². The van der Waals surface area contributed by atoms with Gasteiger partial charge in [0.1, 0.15) is 5.82 Å². The maximum Gasteiger partial charge on any atom is 0.125 e. The first-order chi connectivity index (χ1) is 8.15. The second kappa shape index (κ2) is 5.00. The molecular formula is C15H16FN. The SMILES string of the molecule is Cc1ccc(CNc2cccc(F)c2)c(C)c1. The van der Waals surface area contributed by atoms with Crippen LogP contribution < -0.4 is 5.32 Å². The number of nitrogens with one attached hydrogen (secondary N) is 1. The molecule has 0 spiro atoms. The monoisotopic (exact) mass is 229 g/mol. The number of halogens is 1. The van der Waals surface area contributed by atoms with E-state index >= 15 is 0 Å². The van der Waals surface area contributed by atoms with Crippen LogP contribution in [0.1, 0.15) is 16.7 Å². The number of hydrogen-bond acceptors (Lipinski definition) is 1. The summed E-state index contributed by atoms with van der Waals surface area (Å²) in [5, 5.41) is 3.22. The van der Waals surface area contributed by atoms with Gasteiger partial charge in [0.05, 0.1) is 0 Å². The molecule has 17 heavy (non-hydrogen) atoms. The molecule has 0 amide bonds. The summed E-state index contributed by atoms with van der Waals surface area (Å²) in [6.45, 7) is 4.89. The molecule has 2 aromatic carbocycles. The summed E-state index contributed by atoms with van der Waals surface area (Å²) >= 11 is 0. The summed E-state index contributed by atoms with van der Waals surface area (Å²) in [6.07, 6.45) is 0. The van der Waals surface area contributed by atoms with Crippen LogP contribution >= 0.6 is 0 Å². The Hall–Kier alpha value is -1.83. The van der Waals surface area contributed by atoms with Crippen LogP contribution in [0.3, 0.4) is 0 Å². The molecular weight excluding hydrogens is 213 g/mol. The quantitative estimate of drug-likeness (QED) is 0.837. The van der Waals surface area contributed by atoms with Crippen LogP contribution in [-0.4, -0.2) is 0 Å². The summed E-state index contributed by atoms with van der Waals surface area (Å²) in [6, 6.07) is 12.9. The van der Waals surface area contributed by atoms with E-state index in [0.29, 0.717) is 0 Å². The van der Waals surface area contributed by atoms with E-state index in [2.05, 4.69) is 37.4 Å². The minimum atomic E-state index is -0.212. The minimum absolute atomic E-state index is 0.212. The lowest BCUT2D eigenvalue weighted by Gasteiger charge is -2.09. The molecule has 0 fully saturated rings. The molecule has 2 rings (SSSR count). The van der Waals surface area contributed by atoms with Gasteiger partial charge in [0.25, 0.3) is 0 Å². The fraction of sp³-hybridized carbons (Fsp3) is 0.200. The normalized spacial score (nSPS) is 10.3. The lowest BCUT2D eigenvalue weighted by atomic mass is 10.1. The van der Waals surface area contributed by atoms with Crippen molar-refractivity contribution in [2.75, 3.05) is 5.32 Å². The Balaban J connectivity index is 2.07. The van der Waals surface area contributed by atoms with Gasteiger partial charge >= 0.3 is 0 Å². The second-order valence-corrected chi connectivity index (χ2v) is 4.29. The Kier molecular flexibility index (Phi) is 3.43. The molecule has 1 N–H and O–H groups in total. The zero-order chi connectivity index (χ0) is 12.3. The molecule has 0 radical (unpaired) electrons. The van der Waals surface area contributed by atoms with Crippen LogP contribution in [0.15, 0.2) is 42.5 Å². The Morgan fingerprint density at radius 1 is 1.06 bits per heavy atom. The van der Waals surface area contributed by atoms with Crippen molar-refractivity contribution in [1.82, 2.24) is 0 Å². The summed E-state index contributed by atoms with van der Waals surface area (Å²) in [5.41, 5.74) is 4.57. The molecule has 0 aromatic heterocycles. The highest BCUT2D eigenvalue weighted by Crippen LogP contribution is 2.14. The molecule has 1 nitrogen and oxygen atoms in total. The number of aryl methyl sites for hydroxylation is 2. The second-order valence-electron chi connectivity index (χ2n) is 4.29. The van der Waals surface area contributed by atoms with Crippen molar-refractivity contribution in [2.24, 2.45) is 0 Å². The van der Waals surface area contributed by atoms with Gasteiger partial charge in [-0.15, -0.1) is 0 Å². The standard InChI is InChI=1S/C15H16FN/c1-11-6-7-13(12(2)8-11)10-17-15-5-3-4-14(16)9-15/h3-9,17H,10H2,1-2H3. The van der Waals surface area contributed by atoms with Gasteiger partial charge in [0, 0.05) is 12.2 Å². The first kappa shape index (κ1) is 11.6. The van der Waals surface area contributed by atoms with E-state index in [1.54, 1.807) is 6.07 Å². The van der Waals surface area contributed by atoms with E-state index < -0.39 is 0 Å². The summed E-state index contributed by atoms with van der Waals surface area (Å²) in [5.74, 6) is -0.212. The zero-order valence-electron chi connectivity index (χ0n) is 10.1. The van der Waals surface area contributed by atoms with Gasteiger partial charge < -0.3 is 5.32 Å². The van der Waals surface area contributed by atoms with E-state index in [4.69, 9.17) is 0 Å². The van der Waals surface area contributed by atoms with Crippen molar-refractivity contribution in [2.45, 2.75) is 20.4 Å². The molecule has 0 heterocycles. The fourth-order valence-electron chi connectivity index (χ4n) is 1.84. The van der Waals surface area contributed by atoms with Crippen LogP contribution in [0.5, 0.6) is 0 Å². The molecule has 0 aliphatic carbocycles. The van der Waals surface area contributed by atoms with Gasteiger partial charge in [-0.3, -0.25) is 0 Å². The molecule has 0 atom stereocenters. The topological polar surface area (TPSA) is 12.0 Å². The van der Waals surface area contributed by atoms with Crippen molar-refractivity contribution < 1.29 is 4.39 Å². The third kappa shape index (κ3) is 3.06. The Morgan fingerprint density at radius 3 is 2.59 bits per heavy atom. The number of benzene rings is 2. The predicted octanol–water partition coefficient (Wildman–Crippen LogP) is 4.05. The maximum atomic E-state index is 13.0. The van der Waals surface area contributed by atoms with Crippen molar-refractivity contribution in [1.29, 1.82) is 0 Å². The summed E-state index contributed by atoms with van der Waals surface area (Å²) in [7, 11) is 0. The van der Waals surface area contributed by atoms with E-state index in [1.165, 1.54) is 28.8 Å². The van der Waals surface area contributed by atoms with Gasteiger partial charge in [0.2, 0.25) is 0 Å². The van der Waals surface area contributed by atoms with Crippen LogP contribution in [0, 0.1) is 19.7 Å². The Bertz CT molecular complexity index is 520. The smallest absolute Gasteiger partial charge is 0.125 e. The molecule has 88 valence electrons. The average Bonchev–Trinajstić information content (AvgIpc) is 2.28. The van der Waals surface area contributed by atoms with Gasteiger partial charge in [-0.2, -0.15) is 0 Å². The van der Waals surface area contributed by atoms with E-state index in [0.717, 1.165) is 12.2 Å². The minimum Gasteiger partial charge on any atom is -0.381 e. The molecule has 0 bridgehead atoms. The zero-order valence-corrected chi connectivity index (χ0v) is 10.1. The molecule has 0 saturated carbocycles. The lowest BCUT2D eigenvalue weighted by Crippen LogP contribution is -2.01. The summed E-state index contributed by atoms with van der Waals surface area (Å²) < 4.78 is 13.0. The highest BCUT2D eigenvalue weighted by molar-refractivity contribution is 5.44. The Labute approximate surface area is 101 Å². The van der Waals surface area contributed by atoms with Crippen LogP contribution in [0.2, 0.25) is 0 Å². The predicted molar refractivity (Wildman–Crippen MR) is 69.6 cm³/mol. The highest BCUT2D eigenvalue weighted by atomic mass is 19.1. The third-order valence-corrected chi connectivity index (χ3v) is 2.81. The van der Waals surface area contributed by atoms with Crippen LogP contribution in [0.25, 0.3) is 0 Å². The van der Waals surface area contributed by atoms with Gasteiger partial charge in [0.15, 0.2) is 0 Å². The van der Waals surface area contributed by atoms with Crippen molar-refractivity contribution in [3.05, 3.63) is 65.0 Å². The molecule has 0 aliphatic heterocycles. The van der Waals surface area contributed by atoms with Crippen LogP contribution in [-0.2, 0) is 6.54 Å². The van der Waals surface area contributed by atoms with E-state index in [-0.39, 0.29) is 5.82 Å². The highest BCUT2D eigenvalue weighted by Gasteiger charge is 1.99. The largest absolute Gasteiger partial charge is 0.381 e. The first-order valence-electron chi connectivity index (χ1n) is 5.71. The number of rotatable bonds is 3. The third-order valence-electron chi connectivity index (χ3n) is 2.81. The Morgan fingerprint density at radius 2 is 1.88 bits per heavy atom. The number of hydrogen-bond donors (Lipinski definition) is 1. The van der Waals surface area contributed by atoms with Gasteiger partial charge in [-0.05, 0) is 43.2 Å². The lowest BCUT2D eigenvalue weighted by molar-refractivity contribution is 0.628. The molecule has 0 aliphatic rings. The fourth-order valence-corrected chi connectivity index (χ4v) is 1.84. The molecule has 2 heteroatoms. The maximum absolute atomic E-state index is 13.0. The van der Waals surface area contributed by atoms with Gasteiger partial charge in [-0.25, -0.2) is 4.39 Å². The van der Waals surface area contributed by atoms with Crippen LogP contribution in [0.4, 0.5) is 10.1 Å². The van der Waals surface area contributed by atoms with E-state index in [9.17, 15) is 4.39 Å². The van der Waals surface area contributed by atoms with E-state index in [1.807, 2.05) is 6.07 Å². The molecule has 0 unspecified atom stereocenters. The average molecular weight is 229 g/mol. The van der Waals surface area contributed by atoms with Crippen molar-refractivity contribution in [3.63, 3.8) is 0 Å². The molecule has 0 saturated heterocycles. The first-order valence-corrected chi connectivity index (χ1v) is 5.71. The van der Waals surface area contributed by atoms with Crippen molar-refractivity contribution in [3.8, 4) is 0 Å². The summed E-state index contributed by atoms with van der Waals surface area (Å²) in [4.78, 5) is 0.